The van der Waals surface area contributed by atoms with Crippen molar-refractivity contribution in [1.29, 1.82) is 0 Å². The Morgan fingerprint density at radius 3 is 2.90 bits per heavy atom. The fraction of sp³-hybridized carbons (Fsp3) is 0.542. The Morgan fingerprint density at radius 2 is 2.06 bits per heavy atom. The van der Waals surface area contributed by atoms with Crippen molar-refractivity contribution in [3.05, 3.63) is 40.4 Å². The van der Waals surface area contributed by atoms with E-state index in [0.29, 0.717) is 5.56 Å². The van der Waals surface area contributed by atoms with Crippen molar-refractivity contribution in [2.24, 2.45) is 17.3 Å². The summed E-state index contributed by atoms with van der Waals surface area (Å²) in [4.78, 5) is 32.3. The van der Waals surface area contributed by atoms with E-state index in [1.807, 2.05) is 24.3 Å². The third-order valence-corrected chi connectivity index (χ3v) is 9.14. The van der Waals surface area contributed by atoms with Crippen LogP contribution in [-0.2, 0) is 17.6 Å². The van der Waals surface area contributed by atoms with Gasteiger partial charge in [0.2, 0.25) is 5.91 Å². The van der Waals surface area contributed by atoms with Crippen LogP contribution in [0.4, 0.5) is 10.8 Å². The second-order valence-electron chi connectivity index (χ2n) is 10.0. The van der Waals surface area contributed by atoms with Crippen molar-refractivity contribution in [1.82, 2.24) is 10.3 Å². The van der Waals surface area contributed by atoms with E-state index in [9.17, 15) is 9.59 Å². The zero-order chi connectivity index (χ0) is 21.2. The minimum Gasteiger partial charge on any atom is -0.362 e. The van der Waals surface area contributed by atoms with Crippen molar-refractivity contribution in [3.63, 3.8) is 0 Å². The van der Waals surface area contributed by atoms with E-state index in [-0.39, 0.29) is 29.1 Å². The van der Waals surface area contributed by atoms with Crippen LogP contribution in [0.15, 0.2) is 24.3 Å². The molecule has 1 aliphatic heterocycles. The van der Waals surface area contributed by atoms with Crippen LogP contribution >= 0.6 is 11.3 Å². The molecular formula is C24H28N4O2S. The predicted molar refractivity (Wildman–Crippen MR) is 121 cm³/mol. The fourth-order valence-corrected chi connectivity index (χ4v) is 7.50. The standard InChI is InChI=1S/C24H28N4O2S/c1-23-11-10-14(24(13-23)27-17-7-3-2-6-15(17)20(29)28-24)12-16(23)21(30)26-22-25-18-8-4-5-9-19(18)31-22/h2-3,6-7,14,16,27H,4-5,8-13H2,1H3,(H,28,29)(H,25,26,30)/t14?,16?,23?,24-/m0/s1. The molecule has 2 heterocycles. The Morgan fingerprint density at radius 1 is 1.23 bits per heavy atom. The van der Waals surface area contributed by atoms with Gasteiger partial charge in [-0.25, -0.2) is 4.98 Å². The minimum absolute atomic E-state index is 0.0140. The van der Waals surface area contributed by atoms with Gasteiger partial charge in [0.15, 0.2) is 5.13 Å². The first-order valence-corrected chi connectivity index (χ1v) is 12.3. The van der Waals surface area contributed by atoms with Crippen LogP contribution in [0, 0.1) is 17.3 Å². The lowest BCUT2D eigenvalue weighted by molar-refractivity contribution is -0.134. The molecule has 3 fully saturated rings. The smallest absolute Gasteiger partial charge is 0.255 e. The van der Waals surface area contributed by atoms with Gasteiger partial charge in [-0.1, -0.05) is 19.1 Å². The van der Waals surface area contributed by atoms with Crippen LogP contribution < -0.4 is 16.0 Å². The van der Waals surface area contributed by atoms with Gasteiger partial charge < -0.3 is 16.0 Å². The van der Waals surface area contributed by atoms with Crippen molar-refractivity contribution in [3.8, 4) is 0 Å². The largest absolute Gasteiger partial charge is 0.362 e. The maximum atomic E-state index is 13.4. The molecule has 162 valence electrons. The second-order valence-corrected chi connectivity index (χ2v) is 11.1. The molecule has 4 aliphatic carbocycles. The molecule has 2 amide bonds. The van der Waals surface area contributed by atoms with Crippen LogP contribution in [0.25, 0.3) is 0 Å². The van der Waals surface area contributed by atoms with Crippen LogP contribution in [0.2, 0.25) is 0 Å². The van der Waals surface area contributed by atoms with Gasteiger partial charge in [-0.3, -0.25) is 9.59 Å². The number of carbonyl (C=O) groups is 2. The van der Waals surface area contributed by atoms with Crippen molar-refractivity contribution in [2.45, 2.75) is 64.0 Å². The average molecular weight is 437 g/mol. The summed E-state index contributed by atoms with van der Waals surface area (Å²) in [5.41, 5.74) is 2.14. The number of benzene rings is 1. The van der Waals surface area contributed by atoms with Crippen molar-refractivity contribution in [2.75, 3.05) is 10.6 Å². The summed E-state index contributed by atoms with van der Waals surface area (Å²) in [6.07, 6.45) is 8.08. The lowest BCUT2D eigenvalue weighted by atomic mass is 9.51. The number of rotatable bonds is 2. The Balaban J connectivity index is 1.24. The zero-order valence-corrected chi connectivity index (χ0v) is 18.6. The highest BCUT2D eigenvalue weighted by atomic mass is 32.1. The van der Waals surface area contributed by atoms with E-state index in [1.54, 1.807) is 11.3 Å². The van der Waals surface area contributed by atoms with E-state index in [4.69, 9.17) is 4.98 Å². The number of thiazole rings is 1. The molecule has 0 radical (unpaired) electrons. The molecule has 1 aromatic heterocycles. The summed E-state index contributed by atoms with van der Waals surface area (Å²) in [7, 11) is 0. The van der Waals surface area contributed by atoms with Crippen molar-refractivity contribution >= 4 is 34.0 Å². The number of nitrogens with zero attached hydrogens (tertiary/aromatic N) is 1. The van der Waals surface area contributed by atoms with Gasteiger partial charge in [-0.15, -0.1) is 11.3 Å². The molecule has 2 bridgehead atoms. The quantitative estimate of drug-likeness (QED) is 0.654. The van der Waals surface area contributed by atoms with Gasteiger partial charge >= 0.3 is 0 Å². The first-order valence-electron chi connectivity index (χ1n) is 11.4. The summed E-state index contributed by atoms with van der Waals surface area (Å²) in [5.74, 6) is 0.246. The third-order valence-electron chi connectivity index (χ3n) is 8.06. The Hall–Kier alpha value is -2.41. The first-order chi connectivity index (χ1) is 15.0. The number of para-hydroxylation sites is 1. The lowest BCUT2D eigenvalue weighted by Crippen LogP contribution is -2.70. The molecule has 3 saturated carbocycles. The summed E-state index contributed by atoms with van der Waals surface area (Å²) in [6.45, 7) is 2.22. The molecule has 1 aromatic carbocycles. The molecule has 0 saturated heterocycles. The van der Waals surface area contributed by atoms with E-state index in [2.05, 4.69) is 22.9 Å². The zero-order valence-electron chi connectivity index (χ0n) is 17.8. The van der Waals surface area contributed by atoms with Gasteiger partial charge in [0.1, 0.15) is 5.66 Å². The van der Waals surface area contributed by atoms with Crippen LogP contribution in [-0.4, -0.2) is 22.5 Å². The highest BCUT2D eigenvalue weighted by molar-refractivity contribution is 7.15. The van der Waals surface area contributed by atoms with Crippen LogP contribution in [0.1, 0.15) is 66.4 Å². The molecule has 31 heavy (non-hydrogen) atoms. The Bertz CT molecular complexity index is 1060. The van der Waals surface area contributed by atoms with Gasteiger partial charge in [0.05, 0.1) is 11.3 Å². The van der Waals surface area contributed by atoms with E-state index in [0.717, 1.165) is 49.3 Å². The molecule has 4 atom stereocenters. The van der Waals surface area contributed by atoms with Crippen molar-refractivity contribution < 1.29 is 9.59 Å². The van der Waals surface area contributed by atoms with E-state index in [1.165, 1.54) is 23.4 Å². The molecule has 2 aromatic rings. The molecule has 5 aliphatic rings. The van der Waals surface area contributed by atoms with Gasteiger partial charge in [0.25, 0.3) is 5.91 Å². The van der Waals surface area contributed by atoms with E-state index >= 15 is 0 Å². The topological polar surface area (TPSA) is 83.1 Å². The monoisotopic (exact) mass is 436 g/mol. The van der Waals surface area contributed by atoms with Crippen LogP contribution in [0.3, 0.4) is 0 Å². The summed E-state index contributed by atoms with van der Waals surface area (Å²) in [6, 6.07) is 7.69. The number of nitrogens with one attached hydrogen (secondary N) is 3. The molecule has 6 nitrogen and oxygen atoms in total. The third kappa shape index (κ3) is 3.00. The fourth-order valence-electron chi connectivity index (χ4n) is 6.45. The molecule has 3 unspecified atom stereocenters. The molecule has 7 heteroatoms. The number of fused-ring (bicyclic) bond motifs is 4. The minimum atomic E-state index is -0.463. The highest BCUT2D eigenvalue weighted by Crippen LogP contribution is 2.58. The SMILES string of the molecule is CC12CCC(CC1C(=O)Nc1nc3c(s1)CCCC3)[C@]1(C2)NC(=O)c2ccccc2N1. The summed E-state index contributed by atoms with van der Waals surface area (Å²) in [5, 5.41) is 10.9. The number of hydrogen-bond donors (Lipinski definition) is 3. The van der Waals surface area contributed by atoms with Crippen LogP contribution in [0.5, 0.6) is 0 Å². The molecular weight excluding hydrogens is 408 g/mol. The number of aryl methyl sites for hydroxylation is 2. The van der Waals surface area contributed by atoms with Gasteiger partial charge in [0, 0.05) is 22.4 Å². The Labute approximate surface area is 186 Å². The highest BCUT2D eigenvalue weighted by Gasteiger charge is 2.60. The van der Waals surface area contributed by atoms with E-state index < -0.39 is 5.66 Å². The van der Waals surface area contributed by atoms with Gasteiger partial charge in [-0.2, -0.15) is 0 Å². The summed E-state index contributed by atoms with van der Waals surface area (Å²) >= 11 is 1.65. The molecule has 7 rings (SSSR count). The predicted octanol–water partition coefficient (Wildman–Crippen LogP) is 4.34. The Kier molecular flexibility index (Phi) is 4.23. The summed E-state index contributed by atoms with van der Waals surface area (Å²) < 4.78 is 0. The second kappa shape index (κ2) is 6.79. The maximum absolute atomic E-state index is 13.4. The number of amides is 2. The number of hydrogen-bond acceptors (Lipinski definition) is 5. The molecule has 1 spiro atoms. The molecule has 3 N–H and O–H groups in total. The van der Waals surface area contributed by atoms with Gasteiger partial charge in [-0.05, 0) is 68.9 Å². The first kappa shape index (κ1) is 19.3. The number of aromatic nitrogens is 1. The number of anilines is 2. The average Bonchev–Trinajstić information content (AvgIpc) is 3.15. The lowest BCUT2D eigenvalue weighted by Gasteiger charge is -2.60. The maximum Gasteiger partial charge on any atom is 0.255 e. The normalized spacial score (nSPS) is 33.3. The number of carbonyl (C=O) groups excluding carboxylic acids is 2.